The molecule has 0 spiro atoms. The molecular weight excluding hydrogens is 603 g/mol. The molecule has 2 saturated heterocycles. The van der Waals surface area contributed by atoms with E-state index in [2.05, 4.69) is 54.8 Å². The molecule has 1 N–H and O–H groups in total. The molecule has 0 amide bonds. The number of benzene rings is 1. The molecule has 4 aromatic rings. The minimum atomic E-state index is -0.366. The van der Waals surface area contributed by atoms with Crippen LogP contribution in [0.2, 0.25) is 0 Å². The van der Waals surface area contributed by atoms with Crippen molar-refractivity contribution in [3.63, 3.8) is 0 Å². The number of pyridine rings is 3. The lowest BCUT2D eigenvalue weighted by molar-refractivity contribution is 0.145. The van der Waals surface area contributed by atoms with E-state index in [0.29, 0.717) is 61.7 Å². The predicted molar refractivity (Wildman–Crippen MR) is 184 cm³/mol. The normalized spacial score (nSPS) is 19.1. The summed E-state index contributed by atoms with van der Waals surface area (Å²) < 4.78 is 17.9. The minimum Gasteiger partial charge on any atom is -0.393 e. The Hall–Kier alpha value is -3.53. The van der Waals surface area contributed by atoms with Gasteiger partial charge < -0.3 is 19.5 Å². The van der Waals surface area contributed by atoms with Gasteiger partial charge in [0.1, 0.15) is 5.82 Å². The van der Waals surface area contributed by atoms with E-state index in [9.17, 15) is 9.90 Å². The fraction of sp³-hybridized carbons (Fsp3) is 0.472. The molecule has 1 atom stereocenters. The maximum atomic E-state index is 15.7. The summed E-state index contributed by atoms with van der Waals surface area (Å²) in [7, 11) is 0. The number of fused-ring (bicyclic) bond motifs is 1. The van der Waals surface area contributed by atoms with Crippen molar-refractivity contribution in [1.29, 1.82) is 0 Å². The van der Waals surface area contributed by atoms with E-state index in [1.807, 2.05) is 37.2 Å². The monoisotopic (exact) mass is 646 g/mol. The molecule has 8 nitrogen and oxygen atoms in total. The van der Waals surface area contributed by atoms with Crippen LogP contribution in [0.15, 0.2) is 59.8 Å². The number of aliphatic hydroxyl groups excluding tert-OH is 1. The number of aliphatic hydroxyl groups is 1. The highest BCUT2D eigenvalue weighted by Gasteiger charge is 2.30. The van der Waals surface area contributed by atoms with E-state index in [-0.39, 0.29) is 35.8 Å². The molecule has 2 aliphatic heterocycles. The molecule has 0 bridgehead atoms. The third-order valence-electron chi connectivity index (χ3n) is 9.81. The highest BCUT2D eigenvalue weighted by Crippen LogP contribution is 2.38. The summed E-state index contributed by atoms with van der Waals surface area (Å²) in [5, 5.41) is 10.4. The Bertz CT molecular complexity index is 1740. The highest BCUT2D eigenvalue weighted by molar-refractivity contribution is 5.85. The molecule has 5 heterocycles. The second kappa shape index (κ2) is 13.7. The summed E-state index contributed by atoms with van der Waals surface area (Å²) in [6, 6.07) is 12.3. The van der Waals surface area contributed by atoms with E-state index >= 15 is 4.39 Å². The maximum absolute atomic E-state index is 15.7. The van der Waals surface area contributed by atoms with E-state index < -0.39 is 0 Å². The number of aromatic nitrogens is 3. The summed E-state index contributed by atoms with van der Waals surface area (Å²) in [5.41, 5.74) is 6.22. The summed E-state index contributed by atoms with van der Waals surface area (Å²) in [5.74, 6) is -0.366. The van der Waals surface area contributed by atoms with Crippen molar-refractivity contribution in [3.8, 4) is 0 Å². The van der Waals surface area contributed by atoms with Crippen molar-refractivity contribution in [2.75, 3.05) is 36.0 Å². The largest absolute Gasteiger partial charge is 0.393 e. The Kier molecular flexibility index (Phi) is 9.64. The first-order valence-electron chi connectivity index (χ1n) is 16.5. The number of hydrogen-bond donors (Lipinski definition) is 1. The topological polar surface area (TPSA) is 77.7 Å². The minimum absolute atomic E-state index is 0. The van der Waals surface area contributed by atoms with Gasteiger partial charge in [0, 0.05) is 86.1 Å². The summed E-state index contributed by atoms with van der Waals surface area (Å²) in [6.07, 6.45) is 11.0. The van der Waals surface area contributed by atoms with Crippen LogP contribution in [0, 0.1) is 19.7 Å². The molecule has 3 fully saturated rings. The average molecular weight is 647 g/mol. The molecule has 0 unspecified atom stereocenters. The Balaban J connectivity index is 0.00000372. The van der Waals surface area contributed by atoms with Crippen LogP contribution in [0.4, 0.5) is 15.8 Å². The fourth-order valence-corrected chi connectivity index (χ4v) is 7.14. The van der Waals surface area contributed by atoms with Crippen LogP contribution in [-0.2, 0) is 13.1 Å². The van der Waals surface area contributed by atoms with Crippen molar-refractivity contribution in [2.24, 2.45) is 0 Å². The van der Waals surface area contributed by atoms with E-state index in [1.54, 1.807) is 0 Å². The number of rotatable bonds is 8. The highest BCUT2D eigenvalue weighted by atomic mass is 35.5. The van der Waals surface area contributed by atoms with Crippen LogP contribution in [0.1, 0.15) is 67.1 Å². The first kappa shape index (κ1) is 32.4. The third kappa shape index (κ3) is 6.92. The Labute approximate surface area is 276 Å². The quantitative estimate of drug-likeness (QED) is 0.254. The zero-order valence-corrected chi connectivity index (χ0v) is 27.6. The molecule has 3 aliphatic rings. The lowest BCUT2D eigenvalue weighted by Gasteiger charge is -2.40. The molecule has 0 radical (unpaired) electrons. The van der Waals surface area contributed by atoms with Crippen LogP contribution in [0.3, 0.4) is 0 Å². The first-order chi connectivity index (χ1) is 21.8. The van der Waals surface area contributed by atoms with E-state index in [1.165, 1.54) is 11.6 Å². The number of piperidine rings is 2. The molecule has 46 heavy (non-hydrogen) atoms. The van der Waals surface area contributed by atoms with Gasteiger partial charge >= 0.3 is 0 Å². The average Bonchev–Trinajstić information content (AvgIpc) is 3.89. The van der Waals surface area contributed by atoms with Gasteiger partial charge in [-0.2, -0.15) is 0 Å². The SMILES string of the molecule is Cc1ccc(N2CCC[C@H](N(Cc3ccnc(C)c3)Cc3cn(C4CC4)c4cc(N5CCC(O)CC5)c(F)cc4c3=O)C2)cn1.Cl. The molecule has 1 aliphatic carbocycles. The second-order valence-electron chi connectivity index (χ2n) is 13.3. The van der Waals surface area contributed by atoms with Gasteiger partial charge in [-0.3, -0.25) is 19.7 Å². The second-order valence-corrected chi connectivity index (χ2v) is 13.3. The molecule has 1 saturated carbocycles. The predicted octanol–water partition coefficient (Wildman–Crippen LogP) is 5.94. The lowest BCUT2D eigenvalue weighted by atomic mass is 10.0. The fourth-order valence-electron chi connectivity index (χ4n) is 7.14. The molecule has 3 aromatic heterocycles. The Morgan fingerprint density at radius 1 is 0.935 bits per heavy atom. The third-order valence-corrected chi connectivity index (χ3v) is 9.81. The Morgan fingerprint density at radius 3 is 2.46 bits per heavy atom. The van der Waals surface area contributed by atoms with Crippen molar-refractivity contribution in [3.05, 3.63) is 93.5 Å². The molecule has 1 aromatic carbocycles. The number of nitrogens with zero attached hydrogens (tertiary/aromatic N) is 6. The summed E-state index contributed by atoms with van der Waals surface area (Å²) >= 11 is 0. The van der Waals surface area contributed by atoms with E-state index in [0.717, 1.165) is 61.4 Å². The number of anilines is 2. The van der Waals surface area contributed by atoms with Gasteiger partial charge in [-0.15, -0.1) is 12.4 Å². The van der Waals surface area contributed by atoms with Gasteiger partial charge in [-0.25, -0.2) is 4.39 Å². The van der Waals surface area contributed by atoms with Gasteiger partial charge in [0.25, 0.3) is 0 Å². The first-order valence-corrected chi connectivity index (χ1v) is 16.5. The van der Waals surface area contributed by atoms with Crippen LogP contribution in [-0.4, -0.2) is 62.9 Å². The molecule has 10 heteroatoms. The zero-order chi connectivity index (χ0) is 31.1. The molecule has 7 rings (SSSR count). The van der Waals surface area contributed by atoms with Crippen molar-refractivity contribution >= 4 is 34.7 Å². The zero-order valence-electron chi connectivity index (χ0n) is 26.7. The lowest BCUT2D eigenvalue weighted by Crippen LogP contribution is -2.48. The smallest absolute Gasteiger partial charge is 0.193 e. The maximum Gasteiger partial charge on any atom is 0.193 e. The molecular formula is C36H44ClFN6O2. The number of hydrogen-bond acceptors (Lipinski definition) is 7. The Morgan fingerprint density at radius 2 is 1.74 bits per heavy atom. The van der Waals surface area contributed by atoms with Crippen LogP contribution >= 0.6 is 12.4 Å². The van der Waals surface area contributed by atoms with Gasteiger partial charge in [0.05, 0.1) is 29.2 Å². The van der Waals surface area contributed by atoms with Crippen LogP contribution in [0.25, 0.3) is 10.9 Å². The van der Waals surface area contributed by atoms with Crippen molar-refractivity contribution in [1.82, 2.24) is 19.4 Å². The summed E-state index contributed by atoms with van der Waals surface area (Å²) in [4.78, 5) is 30.0. The number of halogens is 2. The van der Waals surface area contributed by atoms with Gasteiger partial charge in [0.15, 0.2) is 5.43 Å². The molecule has 244 valence electrons. The van der Waals surface area contributed by atoms with Gasteiger partial charge in [-0.05, 0) is 94.3 Å². The number of aryl methyl sites for hydroxylation is 2. The summed E-state index contributed by atoms with van der Waals surface area (Å²) in [6.45, 7) is 8.24. The van der Waals surface area contributed by atoms with Crippen molar-refractivity contribution in [2.45, 2.75) is 83.6 Å². The van der Waals surface area contributed by atoms with Gasteiger partial charge in [0.2, 0.25) is 0 Å². The van der Waals surface area contributed by atoms with Gasteiger partial charge in [-0.1, -0.05) is 0 Å². The van der Waals surface area contributed by atoms with Crippen LogP contribution in [0.5, 0.6) is 0 Å². The van der Waals surface area contributed by atoms with Crippen molar-refractivity contribution < 1.29 is 9.50 Å². The van der Waals surface area contributed by atoms with E-state index in [4.69, 9.17) is 0 Å². The van der Waals surface area contributed by atoms with Crippen LogP contribution < -0.4 is 15.2 Å². The standard InChI is InChI=1S/C36H43FN6O2.ClH/c1-24-5-6-29(19-39-24)41-13-3-4-30(23-41)42(20-26-9-12-38-25(2)16-26)21-27-22-43(28-7-8-28)34-18-35(33(37)17-32(34)36(27)45)40-14-10-31(44)11-15-40;/h5-6,9,12,16-19,22,28,30-31,44H,3-4,7-8,10-11,13-15,20-21,23H2,1-2H3;1H/t30-;/m0./s1.